The first-order valence-corrected chi connectivity index (χ1v) is 12.3. The van der Waals surface area contributed by atoms with Crippen molar-refractivity contribution in [1.82, 2.24) is 15.3 Å². The van der Waals surface area contributed by atoms with Crippen molar-refractivity contribution in [2.75, 3.05) is 31.7 Å². The fourth-order valence-electron chi connectivity index (χ4n) is 4.62. The molecule has 3 N–H and O–H groups in total. The average Bonchev–Trinajstić information content (AvgIpc) is 3.21. The summed E-state index contributed by atoms with van der Waals surface area (Å²) in [5, 5.41) is 7.25. The van der Waals surface area contributed by atoms with Gasteiger partial charge in [-0.2, -0.15) is 0 Å². The maximum atomic E-state index is 13.1. The Morgan fingerprint density at radius 2 is 2.17 bits per heavy atom. The van der Waals surface area contributed by atoms with Crippen LogP contribution in [0.1, 0.15) is 35.5 Å². The van der Waals surface area contributed by atoms with E-state index in [0.717, 1.165) is 34.6 Å². The highest BCUT2D eigenvalue weighted by molar-refractivity contribution is 6.31. The van der Waals surface area contributed by atoms with Gasteiger partial charge < -0.3 is 29.8 Å². The smallest absolute Gasteiger partial charge is 0.255 e. The average molecular weight is 497 g/mol. The van der Waals surface area contributed by atoms with Gasteiger partial charge in [-0.3, -0.25) is 9.78 Å². The highest BCUT2D eigenvalue weighted by atomic mass is 35.5. The zero-order chi connectivity index (χ0) is 24.4. The van der Waals surface area contributed by atoms with E-state index in [2.05, 4.69) is 27.5 Å². The third kappa shape index (κ3) is 4.87. The van der Waals surface area contributed by atoms with Crippen molar-refractivity contribution in [2.45, 2.75) is 38.8 Å². The van der Waals surface area contributed by atoms with Crippen molar-refractivity contribution < 1.29 is 19.0 Å². The van der Waals surface area contributed by atoms with Gasteiger partial charge in [0.1, 0.15) is 18.5 Å². The molecule has 0 aliphatic carbocycles. The van der Waals surface area contributed by atoms with E-state index in [1.807, 2.05) is 31.2 Å². The number of nitrogens with one attached hydrogen (secondary N) is 3. The highest BCUT2D eigenvalue weighted by Gasteiger charge is 2.31. The van der Waals surface area contributed by atoms with Crippen molar-refractivity contribution in [3.63, 3.8) is 0 Å². The molecule has 1 amide bonds. The number of nitrogens with zero attached hydrogens (tertiary/aromatic N) is 1. The third-order valence-electron chi connectivity index (χ3n) is 6.29. The van der Waals surface area contributed by atoms with E-state index in [9.17, 15) is 4.79 Å². The van der Waals surface area contributed by atoms with E-state index in [0.29, 0.717) is 54.9 Å². The minimum absolute atomic E-state index is 0.0309. The molecule has 0 radical (unpaired) electrons. The Hall–Kier alpha value is -3.07. The van der Waals surface area contributed by atoms with Crippen LogP contribution in [-0.2, 0) is 22.3 Å². The van der Waals surface area contributed by atoms with Gasteiger partial charge in [0.05, 0.1) is 43.0 Å². The van der Waals surface area contributed by atoms with Gasteiger partial charge in [0.2, 0.25) is 0 Å². The number of rotatable bonds is 7. The van der Waals surface area contributed by atoms with Crippen LogP contribution in [0.25, 0.3) is 11.3 Å². The summed E-state index contributed by atoms with van der Waals surface area (Å²) in [7, 11) is 0. The van der Waals surface area contributed by atoms with Crippen LogP contribution in [0, 0.1) is 0 Å². The second kappa shape index (κ2) is 10.3. The quantitative estimate of drug-likeness (QED) is 0.445. The Balaban J connectivity index is 1.57. The molecule has 2 atom stereocenters. The zero-order valence-electron chi connectivity index (χ0n) is 19.8. The first kappa shape index (κ1) is 23.7. The summed E-state index contributed by atoms with van der Waals surface area (Å²) >= 11 is 6.48. The molecule has 0 spiro atoms. The predicted octanol–water partition coefficient (Wildman–Crippen LogP) is 4.50. The number of hydrogen-bond donors (Lipinski definition) is 3. The SMILES string of the molecule is CCc1c(Cl)cccc1Nc1c(-c2ccncc2OC[C@@H]2COCCO2)[nH]c2c1C(=O)N[C@H](C)C2. The van der Waals surface area contributed by atoms with Crippen LogP contribution in [0.5, 0.6) is 5.75 Å². The zero-order valence-corrected chi connectivity index (χ0v) is 20.6. The number of amides is 1. The molecular weight excluding hydrogens is 468 g/mol. The maximum Gasteiger partial charge on any atom is 0.255 e. The Kier molecular flexibility index (Phi) is 6.95. The number of aromatic amines is 1. The monoisotopic (exact) mass is 496 g/mol. The Morgan fingerprint density at radius 1 is 1.29 bits per heavy atom. The predicted molar refractivity (Wildman–Crippen MR) is 135 cm³/mol. The number of carbonyl (C=O) groups is 1. The number of H-pyrrole nitrogens is 1. The lowest BCUT2D eigenvalue weighted by Gasteiger charge is -2.23. The van der Waals surface area contributed by atoms with Crippen LogP contribution in [0.15, 0.2) is 36.7 Å². The molecule has 3 aromatic rings. The molecule has 4 heterocycles. The molecule has 2 aromatic heterocycles. The fourth-order valence-corrected chi connectivity index (χ4v) is 4.93. The van der Waals surface area contributed by atoms with Crippen LogP contribution >= 0.6 is 11.6 Å². The Bertz CT molecular complexity index is 1220. The van der Waals surface area contributed by atoms with Crippen molar-refractivity contribution in [2.24, 2.45) is 0 Å². The lowest BCUT2D eigenvalue weighted by molar-refractivity contribution is -0.101. The van der Waals surface area contributed by atoms with Gasteiger partial charge in [0.15, 0.2) is 0 Å². The van der Waals surface area contributed by atoms with Crippen LogP contribution in [0.4, 0.5) is 11.4 Å². The van der Waals surface area contributed by atoms with Gasteiger partial charge in [-0.1, -0.05) is 24.6 Å². The molecule has 184 valence electrons. The molecular formula is C26H29ClN4O4. The minimum atomic E-state index is -0.142. The molecule has 9 heteroatoms. The van der Waals surface area contributed by atoms with Gasteiger partial charge in [-0.15, -0.1) is 0 Å². The van der Waals surface area contributed by atoms with Crippen molar-refractivity contribution >= 4 is 28.9 Å². The molecule has 1 aromatic carbocycles. The number of benzene rings is 1. The fraction of sp³-hybridized carbons (Fsp3) is 0.385. The van der Waals surface area contributed by atoms with Crippen LogP contribution in [-0.4, -0.2) is 54.4 Å². The number of carbonyl (C=O) groups excluding carboxylic acids is 1. The highest BCUT2D eigenvalue weighted by Crippen LogP contribution is 2.41. The largest absolute Gasteiger partial charge is 0.488 e. The van der Waals surface area contributed by atoms with Gasteiger partial charge >= 0.3 is 0 Å². The first-order valence-electron chi connectivity index (χ1n) is 11.9. The lowest BCUT2D eigenvalue weighted by Crippen LogP contribution is -2.39. The normalized spacial score (nSPS) is 19.7. The minimum Gasteiger partial charge on any atom is -0.488 e. The Morgan fingerprint density at radius 3 is 2.97 bits per heavy atom. The second-order valence-corrected chi connectivity index (χ2v) is 9.21. The Labute approximate surface area is 209 Å². The summed E-state index contributed by atoms with van der Waals surface area (Å²) in [6.45, 7) is 6.03. The van der Waals surface area contributed by atoms with E-state index in [-0.39, 0.29) is 18.1 Å². The molecule has 0 unspecified atom stereocenters. The van der Waals surface area contributed by atoms with Gasteiger partial charge in [-0.25, -0.2) is 0 Å². The number of anilines is 2. The summed E-state index contributed by atoms with van der Waals surface area (Å²) in [4.78, 5) is 20.9. The topological polar surface area (TPSA) is 97.5 Å². The molecule has 0 bridgehead atoms. The number of fused-ring (bicyclic) bond motifs is 1. The molecule has 5 rings (SSSR count). The molecule has 8 nitrogen and oxygen atoms in total. The number of ether oxygens (including phenoxy) is 3. The van der Waals surface area contributed by atoms with Gasteiger partial charge in [0, 0.05) is 40.6 Å². The van der Waals surface area contributed by atoms with E-state index in [1.165, 1.54) is 0 Å². The van der Waals surface area contributed by atoms with Crippen LogP contribution in [0.3, 0.4) is 0 Å². The lowest BCUT2D eigenvalue weighted by atomic mass is 10.0. The summed E-state index contributed by atoms with van der Waals surface area (Å²) in [6.07, 6.45) is 4.70. The number of pyridine rings is 1. The van der Waals surface area contributed by atoms with E-state index in [1.54, 1.807) is 12.4 Å². The van der Waals surface area contributed by atoms with Crippen molar-refractivity contribution in [3.05, 3.63) is 58.5 Å². The van der Waals surface area contributed by atoms with E-state index in [4.69, 9.17) is 25.8 Å². The second-order valence-electron chi connectivity index (χ2n) is 8.80. The standard InChI is InChI=1S/C26H29ClN4O4/c1-3-17-19(27)5-4-6-20(17)30-25-23-21(11-15(2)29-26(23)32)31-24(25)18-7-8-28-12-22(18)35-14-16-13-33-9-10-34-16/h4-8,12,15-16,30-31H,3,9-11,13-14H2,1-2H3,(H,29,32)/t15-,16+/m1/s1. The summed E-state index contributed by atoms with van der Waals surface area (Å²) in [5.74, 6) is 0.478. The molecule has 2 aliphatic heterocycles. The van der Waals surface area contributed by atoms with Crippen LogP contribution in [0.2, 0.25) is 5.02 Å². The molecule has 0 saturated carbocycles. The van der Waals surface area contributed by atoms with E-state index >= 15 is 0 Å². The summed E-state index contributed by atoms with van der Waals surface area (Å²) < 4.78 is 17.4. The number of halogens is 1. The van der Waals surface area contributed by atoms with Crippen molar-refractivity contribution in [1.29, 1.82) is 0 Å². The molecule has 1 fully saturated rings. The summed E-state index contributed by atoms with van der Waals surface area (Å²) in [6, 6.07) is 7.66. The van der Waals surface area contributed by atoms with Crippen molar-refractivity contribution in [3.8, 4) is 17.0 Å². The maximum absolute atomic E-state index is 13.1. The van der Waals surface area contributed by atoms with E-state index < -0.39 is 0 Å². The molecule has 35 heavy (non-hydrogen) atoms. The number of aromatic nitrogens is 2. The van der Waals surface area contributed by atoms with Gasteiger partial charge in [-0.05, 0) is 37.1 Å². The third-order valence-corrected chi connectivity index (χ3v) is 6.64. The summed E-state index contributed by atoms with van der Waals surface area (Å²) in [5.41, 5.74) is 5.58. The van der Waals surface area contributed by atoms with Crippen LogP contribution < -0.4 is 15.4 Å². The van der Waals surface area contributed by atoms with Gasteiger partial charge in [0.25, 0.3) is 5.91 Å². The molecule has 2 aliphatic rings. The number of hydrogen-bond acceptors (Lipinski definition) is 6. The molecule has 1 saturated heterocycles. The first-order chi connectivity index (χ1) is 17.0.